The minimum atomic E-state index is -0.790. The lowest BCUT2D eigenvalue weighted by Crippen LogP contribution is -2.30. The van der Waals surface area contributed by atoms with Gasteiger partial charge in [0, 0.05) is 19.3 Å². The quantitative estimate of drug-likeness (QED) is 0.0261. The first-order chi connectivity index (χ1) is 38.5. The Balaban J connectivity index is 4.41. The van der Waals surface area contributed by atoms with E-state index in [0.29, 0.717) is 19.3 Å². The van der Waals surface area contributed by atoms with Crippen LogP contribution in [-0.4, -0.2) is 37.2 Å². The second-order valence-electron chi connectivity index (χ2n) is 22.4. The molecule has 6 heteroatoms. The maximum absolute atomic E-state index is 12.9. The van der Waals surface area contributed by atoms with Crippen molar-refractivity contribution in [3.63, 3.8) is 0 Å². The average molecular weight is 1090 g/mol. The predicted molar refractivity (Wildman–Crippen MR) is 339 cm³/mol. The standard InChI is InChI=1S/C72H126O6/c1-4-7-10-13-16-19-22-25-28-31-33-35-36-37-39-41-44-47-50-53-56-59-62-65-71(74)77-68-69(67-76-70(73)64-61-58-55-52-49-46-43-40-30-27-24-21-18-15-12-9-6-3)78-72(75)66-63-60-57-54-51-48-45-42-38-34-32-29-26-23-20-17-14-11-8-5-2/h7,10,16,19,25,27-28,30,33,35,37,39,44,47,69H,4-6,8-9,11-15,17-18,20-24,26,29,31-32,34,36,38,40-43,45-46,48-68H2,1-3H3/b10-7-,19-16-,28-25-,30-27-,35-33-,39-37-,47-44-. The van der Waals surface area contributed by atoms with Gasteiger partial charge in [0.15, 0.2) is 6.10 Å². The van der Waals surface area contributed by atoms with Crippen LogP contribution in [0.15, 0.2) is 85.1 Å². The molecule has 0 radical (unpaired) electrons. The van der Waals surface area contributed by atoms with Gasteiger partial charge in [-0.1, -0.05) is 305 Å². The summed E-state index contributed by atoms with van der Waals surface area (Å²) in [7, 11) is 0. The van der Waals surface area contributed by atoms with Gasteiger partial charge in [-0.05, 0) is 96.3 Å². The van der Waals surface area contributed by atoms with Crippen LogP contribution in [0.25, 0.3) is 0 Å². The number of carbonyl (C=O) groups excluding carboxylic acids is 3. The van der Waals surface area contributed by atoms with Crippen molar-refractivity contribution in [2.75, 3.05) is 13.2 Å². The Hall–Kier alpha value is -3.41. The maximum atomic E-state index is 12.9. The SMILES string of the molecule is CC/C=C\C/C=C\C/C=C\C/C=C\C/C=C\C/C=C\CCCCCCC(=O)OCC(COC(=O)CCCCCCCCC/C=C\CCCCCCCC)OC(=O)CCCCCCCCCCCCCCCCCCCCCC. The van der Waals surface area contributed by atoms with E-state index in [4.69, 9.17) is 14.2 Å². The second-order valence-corrected chi connectivity index (χ2v) is 22.4. The van der Waals surface area contributed by atoms with Gasteiger partial charge >= 0.3 is 17.9 Å². The van der Waals surface area contributed by atoms with Crippen LogP contribution in [0.3, 0.4) is 0 Å². The Morgan fingerprint density at radius 1 is 0.269 bits per heavy atom. The highest BCUT2D eigenvalue weighted by atomic mass is 16.6. The van der Waals surface area contributed by atoms with Gasteiger partial charge in [0.2, 0.25) is 0 Å². The van der Waals surface area contributed by atoms with Crippen LogP contribution >= 0.6 is 0 Å². The monoisotopic (exact) mass is 1090 g/mol. The van der Waals surface area contributed by atoms with E-state index in [0.717, 1.165) is 109 Å². The molecule has 0 fully saturated rings. The van der Waals surface area contributed by atoms with Crippen LogP contribution < -0.4 is 0 Å². The van der Waals surface area contributed by atoms with E-state index in [1.165, 1.54) is 186 Å². The number of unbranched alkanes of at least 4 members (excludes halogenated alkanes) is 36. The molecule has 0 spiro atoms. The van der Waals surface area contributed by atoms with Gasteiger partial charge in [-0.15, -0.1) is 0 Å². The molecule has 78 heavy (non-hydrogen) atoms. The van der Waals surface area contributed by atoms with Crippen LogP contribution in [0.1, 0.15) is 335 Å². The topological polar surface area (TPSA) is 78.9 Å². The third-order valence-electron chi connectivity index (χ3n) is 14.6. The minimum absolute atomic E-state index is 0.0842. The molecule has 0 rings (SSSR count). The fraction of sp³-hybridized carbons (Fsp3) is 0.764. The molecule has 0 bridgehead atoms. The summed E-state index contributed by atoms with van der Waals surface area (Å²) in [6.45, 7) is 6.55. The zero-order chi connectivity index (χ0) is 56.4. The van der Waals surface area contributed by atoms with Crippen molar-refractivity contribution in [3.8, 4) is 0 Å². The first-order valence-corrected chi connectivity index (χ1v) is 33.6. The Bertz CT molecular complexity index is 1480. The molecule has 0 saturated heterocycles. The van der Waals surface area contributed by atoms with Crippen molar-refractivity contribution >= 4 is 17.9 Å². The molecule has 1 unspecified atom stereocenters. The summed E-state index contributed by atoms with van der Waals surface area (Å²) in [6.07, 6.45) is 87.3. The molecule has 0 amide bonds. The molecule has 0 saturated carbocycles. The van der Waals surface area contributed by atoms with Crippen LogP contribution in [0.5, 0.6) is 0 Å². The van der Waals surface area contributed by atoms with Gasteiger partial charge in [-0.25, -0.2) is 0 Å². The Morgan fingerprint density at radius 3 is 0.795 bits per heavy atom. The number of hydrogen-bond acceptors (Lipinski definition) is 6. The number of esters is 3. The summed E-state index contributed by atoms with van der Waals surface area (Å²) in [5.74, 6) is -0.896. The summed E-state index contributed by atoms with van der Waals surface area (Å²) < 4.78 is 17.0. The van der Waals surface area contributed by atoms with Gasteiger partial charge < -0.3 is 14.2 Å². The third kappa shape index (κ3) is 63.4. The van der Waals surface area contributed by atoms with Crippen molar-refractivity contribution in [2.24, 2.45) is 0 Å². The van der Waals surface area contributed by atoms with Crippen molar-refractivity contribution in [1.82, 2.24) is 0 Å². The highest BCUT2D eigenvalue weighted by Crippen LogP contribution is 2.17. The van der Waals surface area contributed by atoms with Crippen LogP contribution in [-0.2, 0) is 28.6 Å². The fourth-order valence-electron chi connectivity index (χ4n) is 9.62. The predicted octanol–water partition coefficient (Wildman–Crippen LogP) is 23.1. The molecular weight excluding hydrogens is 961 g/mol. The maximum Gasteiger partial charge on any atom is 0.306 e. The fourth-order valence-corrected chi connectivity index (χ4v) is 9.62. The summed E-state index contributed by atoms with van der Waals surface area (Å²) in [5, 5.41) is 0. The first-order valence-electron chi connectivity index (χ1n) is 33.6. The van der Waals surface area contributed by atoms with Gasteiger partial charge in [0.1, 0.15) is 13.2 Å². The van der Waals surface area contributed by atoms with E-state index in [1.54, 1.807) is 0 Å². The Kier molecular flexibility index (Phi) is 63.2. The molecule has 0 heterocycles. The molecular formula is C72H126O6. The normalized spacial score (nSPS) is 12.6. The zero-order valence-electron chi connectivity index (χ0n) is 51.7. The van der Waals surface area contributed by atoms with Crippen molar-refractivity contribution in [1.29, 1.82) is 0 Å². The number of rotatable bonds is 61. The highest BCUT2D eigenvalue weighted by molar-refractivity contribution is 5.71. The summed E-state index contributed by atoms with van der Waals surface area (Å²) in [5.41, 5.74) is 0. The average Bonchev–Trinajstić information content (AvgIpc) is 3.44. The van der Waals surface area contributed by atoms with Crippen LogP contribution in [0.4, 0.5) is 0 Å². The molecule has 6 nitrogen and oxygen atoms in total. The van der Waals surface area contributed by atoms with E-state index in [2.05, 4.69) is 106 Å². The molecule has 0 aromatic carbocycles. The lowest BCUT2D eigenvalue weighted by atomic mass is 10.0. The highest BCUT2D eigenvalue weighted by Gasteiger charge is 2.19. The van der Waals surface area contributed by atoms with Crippen molar-refractivity contribution in [3.05, 3.63) is 85.1 Å². The number of carbonyl (C=O) groups is 3. The van der Waals surface area contributed by atoms with E-state index in [9.17, 15) is 14.4 Å². The Labute approximate surface area is 484 Å². The largest absolute Gasteiger partial charge is 0.462 e. The Morgan fingerprint density at radius 2 is 0.500 bits per heavy atom. The number of allylic oxidation sites excluding steroid dienone is 14. The molecule has 0 aromatic heterocycles. The summed E-state index contributed by atoms with van der Waals surface area (Å²) >= 11 is 0. The van der Waals surface area contributed by atoms with E-state index in [1.807, 2.05) is 0 Å². The van der Waals surface area contributed by atoms with Gasteiger partial charge in [0.05, 0.1) is 0 Å². The van der Waals surface area contributed by atoms with Gasteiger partial charge in [-0.2, -0.15) is 0 Å². The molecule has 450 valence electrons. The number of ether oxygens (including phenoxy) is 3. The molecule has 0 aliphatic carbocycles. The molecule has 0 N–H and O–H groups in total. The second kappa shape index (κ2) is 66.1. The lowest BCUT2D eigenvalue weighted by Gasteiger charge is -2.18. The van der Waals surface area contributed by atoms with Gasteiger partial charge in [-0.3, -0.25) is 14.4 Å². The smallest absolute Gasteiger partial charge is 0.306 e. The summed E-state index contributed by atoms with van der Waals surface area (Å²) in [6, 6.07) is 0. The summed E-state index contributed by atoms with van der Waals surface area (Å²) in [4.78, 5) is 38.4. The first kappa shape index (κ1) is 74.6. The van der Waals surface area contributed by atoms with Crippen LogP contribution in [0, 0.1) is 0 Å². The van der Waals surface area contributed by atoms with E-state index >= 15 is 0 Å². The minimum Gasteiger partial charge on any atom is -0.462 e. The van der Waals surface area contributed by atoms with Crippen molar-refractivity contribution in [2.45, 2.75) is 341 Å². The van der Waals surface area contributed by atoms with Crippen LogP contribution in [0.2, 0.25) is 0 Å². The van der Waals surface area contributed by atoms with Gasteiger partial charge in [0.25, 0.3) is 0 Å². The lowest BCUT2D eigenvalue weighted by molar-refractivity contribution is -0.167. The zero-order valence-corrected chi connectivity index (χ0v) is 51.7. The molecule has 1 atom stereocenters. The molecule has 0 aromatic rings. The van der Waals surface area contributed by atoms with E-state index in [-0.39, 0.29) is 31.1 Å². The molecule has 0 aliphatic rings. The van der Waals surface area contributed by atoms with E-state index < -0.39 is 6.10 Å². The third-order valence-corrected chi connectivity index (χ3v) is 14.6. The van der Waals surface area contributed by atoms with Crippen molar-refractivity contribution < 1.29 is 28.6 Å². The molecule has 0 aliphatic heterocycles. The number of hydrogen-bond donors (Lipinski definition) is 0.